The number of amides is 1. The number of nitrogens with zero attached hydrogens (tertiary/aromatic N) is 4. The molecule has 1 aliphatic rings. The van der Waals surface area contributed by atoms with Crippen LogP contribution in [0.25, 0.3) is 22.0 Å². The van der Waals surface area contributed by atoms with E-state index in [4.69, 9.17) is 5.73 Å². The summed E-state index contributed by atoms with van der Waals surface area (Å²) in [5.41, 5.74) is 9.53. The zero-order chi connectivity index (χ0) is 27.6. The molecule has 1 amide bonds. The lowest BCUT2D eigenvalue weighted by Crippen LogP contribution is -2.38. The van der Waals surface area contributed by atoms with Crippen molar-refractivity contribution in [1.29, 1.82) is 0 Å². The smallest absolute Gasteiger partial charge is 0.344 e. The summed E-state index contributed by atoms with van der Waals surface area (Å²) in [6, 6.07) is 10.3. The van der Waals surface area contributed by atoms with Crippen molar-refractivity contribution in [3.8, 4) is 11.1 Å². The van der Waals surface area contributed by atoms with Crippen molar-refractivity contribution in [2.75, 3.05) is 19.7 Å². The summed E-state index contributed by atoms with van der Waals surface area (Å²) >= 11 is 0. The highest BCUT2D eigenvalue weighted by Crippen LogP contribution is 2.35. The monoisotopic (exact) mass is 613 g/mol. The van der Waals surface area contributed by atoms with Gasteiger partial charge in [0.05, 0.1) is 12.2 Å². The SMILES string of the molecule is Cl.Cl.NCc1ccc(F)c(C2CCN(C(=O)c3cn(CCOC(F)(F)F)c4cccc(-c5cncnc5)c34)CC2)c1. The summed E-state index contributed by atoms with van der Waals surface area (Å²) in [5, 5.41) is 0.605. The number of hydrogen-bond acceptors (Lipinski definition) is 5. The fourth-order valence-corrected chi connectivity index (χ4v) is 5.24. The van der Waals surface area contributed by atoms with Gasteiger partial charge >= 0.3 is 6.36 Å². The molecule has 0 spiro atoms. The maximum atomic E-state index is 14.6. The molecule has 2 aromatic carbocycles. The average molecular weight is 614 g/mol. The molecule has 4 aromatic rings. The van der Waals surface area contributed by atoms with Gasteiger partial charge < -0.3 is 15.2 Å². The summed E-state index contributed by atoms with van der Waals surface area (Å²) in [5.74, 6) is -0.566. The Bertz CT molecular complexity index is 1480. The molecule has 0 unspecified atom stereocenters. The molecule has 0 saturated carbocycles. The van der Waals surface area contributed by atoms with E-state index in [-0.39, 0.29) is 49.0 Å². The first-order valence-corrected chi connectivity index (χ1v) is 12.6. The number of carbonyl (C=O) groups excluding carboxylic acids is 1. The van der Waals surface area contributed by atoms with Crippen LogP contribution in [0.2, 0.25) is 0 Å². The first kappa shape index (κ1) is 32.3. The molecule has 1 saturated heterocycles. The summed E-state index contributed by atoms with van der Waals surface area (Å²) < 4.78 is 58.0. The molecule has 220 valence electrons. The normalized spacial score (nSPS) is 14.0. The molecule has 2 aromatic heterocycles. The molecular formula is C28H29Cl2F4N5O2. The van der Waals surface area contributed by atoms with Crippen molar-refractivity contribution in [3.63, 3.8) is 0 Å². The van der Waals surface area contributed by atoms with Crippen molar-refractivity contribution < 1.29 is 27.1 Å². The lowest BCUT2D eigenvalue weighted by Gasteiger charge is -2.32. The predicted octanol–water partition coefficient (Wildman–Crippen LogP) is 6.10. The number of halogens is 6. The topological polar surface area (TPSA) is 86.3 Å². The molecule has 0 atom stereocenters. The fourth-order valence-electron chi connectivity index (χ4n) is 5.24. The Kier molecular flexibility index (Phi) is 10.7. The van der Waals surface area contributed by atoms with E-state index in [1.54, 1.807) is 52.3 Å². The molecule has 2 N–H and O–H groups in total. The van der Waals surface area contributed by atoms with Gasteiger partial charge in [-0.15, -0.1) is 38.0 Å². The molecule has 0 radical (unpaired) electrons. The van der Waals surface area contributed by atoms with E-state index in [1.807, 2.05) is 6.07 Å². The Hall–Kier alpha value is -3.25. The van der Waals surface area contributed by atoms with E-state index in [0.29, 0.717) is 65.6 Å². The van der Waals surface area contributed by atoms with E-state index < -0.39 is 13.0 Å². The highest BCUT2D eigenvalue weighted by atomic mass is 35.5. The van der Waals surface area contributed by atoms with Gasteiger partial charge in [0, 0.05) is 61.2 Å². The maximum Gasteiger partial charge on any atom is 0.522 e. The first-order valence-electron chi connectivity index (χ1n) is 12.6. The third kappa shape index (κ3) is 7.16. The number of fused-ring (bicyclic) bond motifs is 1. The van der Waals surface area contributed by atoms with Crippen molar-refractivity contribution in [1.82, 2.24) is 19.4 Å². The first-order chi connectivity index (χ1) is 18.7. The second-order valence-corrected chi connectivity index (χ2v) is 9.48. The standard InChI is InChI=1S/C28H27F4N5O2.2ClH/c29-24-5-4-18(13-33)12-22(24)19-6-8-36(9-7-19)27(38)23-16-37(10-11-39-28(30,31)32)25-3-1-2-21(26(23)25)20-14-34-17-35-15-20;;/h1-5,12,14-17,19H,6-11,13,33H2;2*1H. The van der Waals surface area contributed by atoms with Gasteiger partial charge in [0.1, 0.15) is 12.1 Å². The molecule has 0 bridgehead atoms. The number of alkyl halides is 3. The highest BCUT2D eigenvalue weighted by Gasteiger charge is 2.30. The van der Waals surface area contributed by atoms with Gasteiger partial charge in [0.15, 0.2) is 0 Å². The van der Waals surface area contributed by atoms with Gasteiger partial charge in [0.2, 0.25) is 0 Å². The van der Waals surface area contributed by atoms with Crippen LogP contribution in [-0.4, -0.2) is 51.4 Å². The Morgan fingerprint density at radius 2 is 1.78 bits per heavy atom. The van der Waals surface area contributed by atoms with Crippen molar-refractivity contribution in [2.45, 2.75) is 38.2 Å². The molecular weight excluding hydrogens is 585 g/mol. The number of likely N-dealkylation sites (tertiary alicyclic amines) is 1. The molecule has 5 rings (SSSR count). The zero-order valence-electron chi connectivity index (χ0n) is 21.8. The number of carbonyl (C=O) groups is 1. The maximum absolute atomic E-state index is 14.6. The van der Waals surface area contributed by atoms with E-state index in [9.17, 15) is 22.4 Å². The fraction of sp³-hybridized carbons (Fsp3) is 0.321. The molecule has 0 aliphatic carbocycles. The Balaban J connectivity index is 0.00000231. The zero-order valence-corrected chi connectivity index (χ0v) is 23.4. The molecule has 7 nitrogen and oxygen atoms in total. The van der Waals surface area contributed by atoms with Crippen molar-refractivity contribution >= 4 is 41.6 Å². The van der Waals surface area contributed by atoms with Crippen LogP contribution in [0, 0.1) is 5.82 Å². The van der Waals surface area contributed by atoms with E-state index in [0.717, 1.165) is 5.56 Å². The Morgan fingerprint density at radius 1 is 1.07 bits per heavy atom. The molecule has 3 heterocycles. The van der Waals surface area contributed by atoms with Crippen LogP contribution in [0.15, 0.2) is 61.3 Å². The van der Waals surface area contributed by atoms with Crippen LogP contribution in [0.5, 0.6) is 0 Å². The predicted molar refractivity (Wildman–Crippen MR) is 152 cm³/mol. The van der Waals surface area contributed by atoms with E-state index in [1.165, 1.54) is 12.4 Å². The van der Waals surface area contributed by atoms with Crippen molar-refractivity contribution in [3.05, 3.63) is 83.8 Å². The van der Waals surface area contributed by atoms with E-state index in [2.05, 4.69) is 14.7 Å². The van der Waals surface area contributed by atoms with Crippen LogP contribution in [-0.2, 0) is 17.8 Å². The van der Waals surface area contributed by atoms with Gasteiger partial charge in [-0.3, -0.25) is 9.53 Å². The van der Waals surface area contributed by atoms with Gasteiger partial charge in [0.25, 0.3) is 5.91 Å². The summed E-state index contributed by atoms with van der Waals surface area (Å²) in [7, 11) is 0. The summed E-state index contributed by atoms with van der Waals surface area (Å²) in [6.45, 7) is 0.444. The number of rotatable bonds is 7. The van der Waals surface area contributed by atoms with Crippen LogP contribution >= 0.6 is 24.8 Å². The lowest BCUT2D eigenvalue weighted by molar-refractivity contribution is -0.325. The number of ether oxygens (including phenoxy) is 1. The molecule has 13 heteroatoms. The minimum Gasteiger partial charge on any atom is -0.344 e. The average Bonchev–Trinajstić information content (AvgIpc) is 3.31. The van der Waals surface area contributed by atoms with Crippen LogP contribution in [0.1, 0.15) is 40.2 Å². The molecule has 1 fully saturated rings. The second-order valence-electron chi connectivity index (χ2n) is 9.48. The number of piperidine rings is 1. The van der Waals surface area contributed by atoms with E-state index >= 15 is 0 Å². The Labute approximate surface area is 246 Å². The highest BCUT2D eigenvalue weighted by molar-refractivity contribution is 6.12. The molecule has 1 aliphatic heterocycles. The van der Waals surface area contributed by atoms with Crippen molar-refractivity contribution in [2.24, 2.45) is 5.73 Å². The number of benzene rings is 2. The minimum absolute atomic E-state index is 0. The number of aromatic nitrogens is 3. The van der Waals surface area contributed by atoms with Gasteiger partial charge in [-0.2, -0.15) is 0 Å². The summed E-state index contributed by atoms with van der Waals surface area (Å²) in [4.78, 5) is 23.7. The summed E-state index contributed by atoms with van der Waals surface area (Å²) in [6.07, 6.45) is 2.62. The third-order valence-corrected chi connectivity index (χ3v) is 7.12. The number of hydrogen-bond donors (Lipinski definition) is 1. The van der Waals surface area contributed by atoms with Crippen LogP contribution in [0.4, 0.5) is 17.6 Å². The van der Waals surface area contributed by atoms with Crippen LogP contribution in [0.3, 0.4) is 0 Å². The van der Waals surface area contributed by atoms with Crippen LogP contribution < -0.4 is 5.73 Å². The third-order valence-electron chi connectivity index (χ3n) is 7.12. The lowest BCUT2D eigenvalue weighted by atomic mass is 9.88. The van der Waals surface area contributed by atoms with Gasteiger partial charge in [-0.25, -0.2) is 14.4 Å². The largest absolute Gasteiger partial charge is 0.522 e. The number of nitrogens with two attached hydrogens (primary N) is 1. The molecule has 41 heavy (non-hydrogen) atoms. The quantitative estimate of drug-likeness (QED) is 0.255. The Morgan fingerprint density at radius 3 is 2.44 bits per heavy atom. The van der Waals surface area contributed by atoms with Gasteiger partial charge in [-0.05, 0) is 47.6 Å². The van der Waals surface area contributed by atoms with Gasteiger partial charge in [-0.1, -0.05) is 24.3 Å². The second kappa shape index (κ2) is 13.6. The minimum atomic E-state index is -4.75.